The molecular formula is C23H28BrN3O6S. The summed E-state index contributed by atoms with van der Waals surface area (Å²) in [7, 11) is -3.82. The van der Waals surface area contributed by atoms with E-state index < -0.39 is 28.5 Å². The van der Waals surface area contributed by atoms with Crippen LogP contribution in [0.15, 0.2) is 46.9 Å². The summed E-state index contributed by atoms with van der Waals surface area (Å²) in [5.41, 5.74) is 1.07. The lowest BCUT2D eigenvalue weighted by atomic mass is 10.1. The number of halogens is 1. The summed E-state index contributed by atoms with van der Waals surface area (Å²) in [6, 6.07) is 11.2. The lowest BCUT2D eigenvalue weighted by Gasteiger charge is -2.31. The fraction of sp³-hybridized carbons (Fsp3) is 0.391. The molecule has 9 nitrogen and oxygen atoms in total. The summed E-state index contributed by atoms with van der Waals surface area (Å²) in [6.45, 7) is 3.75. The zero-order valence-corrected chi connectivity index (χ0v) is 21.7. The molecule has 0 unspecified atom stereocenters. The van der Waals surface area contributed by atoms with Crippen LogP contribution in [0.2, 0.25) is 0 Å². The van der Waals surface area contributed by atoms with Gasteiger partial charge in [0.2, 0.25) is 28.6 Å². The lowest BCUT2D eigenvalue weighted by molar-refractivity contribution is -0.139. The van der Waals surface area contributed by atoms with Crippen molar-refractivity contribution in [1.82, 2.24) is 10.2 Å². The molecule has 0 aromatic heterocycles. The number of benzene rings is 2. The Bertz CT molecular complexity index is 1160. The van der Waals surface area contributed by atoms with Crippen molar-refractivity contribution in [3.05, 3.63) is 52.5 Å². The molecule has 0 radical (unpaired) electrons. The average Bonchev–Trinajstić information content (AvgIpc) is 3.26. The van der Waals surface area contributed by atoms with Crippen molar-refractivity contribution >= 4 is 43.5 Å². The SMILES string of the molecule is CCCNC(=O)[C@H](C)N(Cc1cccc(Br)c1)C(=O)CN(c1ccc2c(c1)OCO2)S(C)(=O)=O. The summed E-state index contributed by atoms with van der Waals surface area (Å²) in [5.74, 6) is 0.0827. The molecule has 184 valence electrons. The van der Waals surface area contributed by atoms with Crippen LogP contribution in [-0.4, -0.2) is 57.3 Å². The fourth-order valence-electron chi connectivity index (χ4n) is 3.46. The van der Waals surface area contributed by atoms with E-state index in [0.29, 0.717) is 18.0 Å². The third-order valence-corrected chi connectivity index (χ3v) is 6.92. The van der Waals surface area contributed by atoms with E-state index in [1.807, 2.05) is 31.2 Å². The summed E-state index contributed by atoms with van der Waals surface area (Å²) in [6.07, 6.45) is 1.78. The first-order valence-electron chi connectivity index (χ1n) is 10.8. The van der Waals surface area contributed by atoms with Gasteiger partial charge in [0.15, 0.2) is 11.5 Å². The number of amides is 2. The van der Waals surface area contributed by atoms with Crippen LogP contribution in [-0.2, 0) is 26.2 Å². The van der Waals surface area contributed by atoms with Crippen LogP contribution in [0.5, 0.6) is 11.5 Å². The number of fused-ring (bicyclic) bond motifs is 1. The molecule has 1 heterocycles. The summed E-state index contributed by atoms with van der Waals surface area (Å²) >= 11 is 3.42. The van der Waals surface area contributed by atoms with Gasteiger partial charge in [0.05, 0.1) is 11.9 Å². The highest BCUT2D eigenvalue weighted by molar-refractivity contribution is 9.10. The third-order valence-electron chi connectivity index (χ3n) is 5.28. The lowest BCUT2D eigenvalue weighted by Crippen LogP contribution is -2.51. The number of ether oxygens (including phenoxy) is 2. The summed E-state index contributed by atoms with van der Waals surface area (Å²) in [5, 5.41) is 2.80. The Morgan fingerprint density at radius 1 is 1.15 bits per heavy atom. The molecule has 2 amide bonds. The number of sulfonamides is 1. The molecule has 0 saturated carbocycles. The minimum atomic E-state index is -3.82. The van der Waals surface area contributed by atoms with Gasteiger partial charge in [0.1, 0.15) is 12.6 Å². The smallest absolute Gasteiger partial charge is 0.244 e. The highest BCUT2D eigenvalue weighted by Crippen LogP contribution is 2.36. The highest BCUT2D eigenvalue weighted by Gasteiger charge is 2.30. The Labute approximate surface area is 208 Å². The van der Waals surface area contributed by atoms with Crippen LogP contribution in [0.25, 0.3) is 0 Å². The van der Waals surface area contributed by atoms with E-state index >= 15 is 0 Å². The standard InChI is InChI=1S/C23H28BrN3O6S/c1-4-10-25-23(29)16(2)26(13-17-6-5-7-18(24)11-17)22(28)14-27(34(3,30)31)19-8-9-20-21(12-19)33-15-32-20/h5-9,11-12,16H,4,10,13-15H2,1-3H3,(H,25,29)/t16-/m0/s1. The second-order valence-electron chi connectivity index (χ2n) is 7.93. The van der Waals surface area contributed by atoms with E-state index in [0.717, 1.165) is 27.0 Å². The highest BCUT2D eigenvalue weighted by atomic mass is 79.9. The second kappa shape index (κ2) is 11.1. The van der Waals surface area contributed by atoms with Gasteiger partial charge in [-0.05, 0) is 43.2 Å². The van der Waals surface area contributed by atoms with Gasteiger partial charge in [0.25, 0.3) is 0 Å². The van der Waals surface area contributed by atoms with E-state index in [4.69, 9.17) is 9.47 Å². The molecule has 0 aliphatic carbocycles. The minimum absolute atomic E-state index is 0.0430. The molecule has 0 bridgehead atoms. The monoisotopic (exact) mass is 553 g/mol. The van der Waals surface area contributed by atoms with Crippen LogP contribution in [0.3, 0.4) is 0 Å². The molecule has 3 rings (SSSR count). The fourth-order valence-corrected chi connectivity index (χ4v) is 4.75. The number of anilines is 1. The largest absolute Gasteiger partial charge is 0.454 e. The van der Waals surface area contributed by atoms with E-state index in [9.17, 15) is 18.0 Å². The molecule has 1 aliphatic rings. The number of carbonyl (C=O) groups excluding carboxylic acids is 2. The number of hydrogen-bond donors (Lipinski definition) is 1. The van der Waals surface area contributed by atoms with Crippen molar-refractivity contribution in [1.29, 1.82) is 0 Å². The van der Waals surface area contributed by atoms with E-state index in [2.05, 4.69) is 21.2 Å². The zero-order chi connectivity index (χ0) is 24.9. The van der Waals surface area contributed by atoms with Crippen molar-refractivity contribution in [3.63, 3.8) is 0 Å². The van der Waals surface area contributed by atoms with Crippen molar-refractivity contribution in [2.24, 2.45) is 0 Å². The van der Waals surface area contributed by atoms with E-state index in [1.54, 1.807) is 19.1 Å². The predicted octanol–water partition coefficient (Wildman–Crippen LogP) is 2.89. The normalized spacial score (nSPS) is 13.3. The molecule has 34 heavy (non-hydrogen) atoms. The molecule has 11 heteroatoms. The molecule has 0 fully saturated rings. The maximum absolute atomic E-state index is 13.5. The van der Waals surface area contributed by atoms with Crippen LogP contribution in [0.1, 0.15) is 25.8 Å². The third kappa shape index (κ3) is 6.41. The molecule has 1 aliphatic heterocycles. The number of hydrogen-bond acceptors (Lipinski definition) is 6. The molecule has 1 N–H and O–H groups in total. The number of nitrogens with one attached hydrogen (secondary N) is 1. The Morgan fingerprint density at radius 3 is 2.56 bits per heavy atom. The molecule has 2 aromatic carbocycles. The van der Waals surface area contributed by atoms with Gasteiger partial charge in [0, 0.05) is 23.6 Å². The number of rotatable bonds is 10. The van der Waals surface area contributed by atoms with E-state index in [-0.39, 0.29) is 24.9 Å². The van der Waals surface area contributed by atoms with Crippen LogP contribution >= 0.6 is 15.9 Å². The maximum Gasteiger partial charge on any atom is 0.244 e. The van der Waals surface area contributed by atoms with Gasteiger partial charge in [-0.25, -0.2) is 8.42 Å². The topological polar surface area (TPSA) is 105 Å². The average molecular weight is 554 g/mol. The second-order valence-corrected chi connectivity index (χ2v) is 10.7. The van der Waals surface area contributed by atoms with Crippen molar-refractivity contribution in [3.8, 4) is 11.5 Å². The van der Waals surface area contributed by atoms with Crippen molar-refractivity contribution in [2.75, 3.05) is 30.4 Å². The van der Waals surface area contributed by atoms with Crippen LogP contribution in [0.4, 0.5) is 5.69 Å². The van der Waals surface area contributed by atoms with Crippen molar-refractivity contribution in [2.45, 2.75) is 32.9 Å². The molecule has 0 spiro atoms. The maximum atomic E-state index is 13.5. The van der Waals surface area contributed by atoms with Gasteiger partial charge < -0.3 is 19.7 Å². The summed E-state index contributed by atoms with van der Waals surface area (Å²) < 4.78 is 37.8. The Balaban J connectivity index is 1.90. The zero-order valence-electron chi connectivity index (χ0n) is 19.3. The summed E-state index contributed by atoms with van der Waals surface area (Å²) in [4.78, 5) is 27.6. The number of carbonyl (C=O) groups is 2. The molecular weight excluding hydrogens is 526 g/mol. The number of nitrogens with zero attached hydrogens (tertiary/aromatic N) is 2. The Hall–Kier alpha value is -2.79. The predicted molar refractivity (Wildman–Crippen MR) is 132 cm³/mol. The van der Waals surface area contributed by atoms with E-state index in [1.165, 1.54) is 11.0 Å². The van der Waals surface area contributed by atoms with Gasteiger partial charge in [-0.3, -0.25) is 13.9 Å². The Morgan fingerprint density at radius 2 is 1.88 bits per heavy atom. The molecule has 1 atom stereocenters. The van der Waals surface area contributed by atoms with Gasteiger partial charge in [-0.15, -0.1) is 0 Å². The van der Waals surface area contributed by atoms with Gasteiger partial charge in [-0.2, -0.15) is 0 Å². The van der Waals surface area contributed by atoms with Crippen LogP contribution in [0, 0.1) is 0 Å². The molecule has 2 aromatic rings. The quantitative estimate of drug-likeness (QED) is 0.485. The van der Waals surface area contributed by atoms with Gasteiger partial charge in [-0.1, -0.05) is 35.0 Å². The molecule has 0 saturated heterocycles. The van der Waals surface area contributed by atoms with Crippen molar-refractivity contribution < 1.29 is 27.5 Å². The first-order valence-corrected chi connectivity index (χ1v) is 13.4. The van der Waals surface area contributed by atoms with Gasteiger partial charge >= 0.3 is 0 Å². The minimum Gasteiger partial charge on any atom is -0.454 e. The first kappa shape index (κ1) is 25.8. The van der Waals surface area contributed by atoms with Crippen LogP contribution < -0.4 is 19.1 Å². The Kier molecular flexibility index (Phi) is 8.42. The first-order chi connectivity index (χ1) is 16.1.